The fourth-order valence-electron chi connectivity index (χ4n) is 3.81. The topological polar surface area (TPSA) is 63.0 Å². The third-order valence-electron chi connectivity index (χ3n) is 5.46. The van der Waals surface area contributed by atoms with Gasteiger partial charge in [0.2, 0.25) is 0 Å². The molecule has 0 saturated carbocycles. The summed E-state index contributed by atoms with van der Waals surface area (Å²) in [6.07, 6.45) is -0.521. The van der Waals surface area contributed by atoms with Crippen LogP contribution in [0.25, 0.3) is 0 Å². The van der Waals surface area contributed by atoms with Crippen LogP contribution in [0, 0.1) is 0 Å². The molecule has 0 amide bonds. The number of aliphatic hydroxyl groups is 1. The van der Waals surface area contributed by atoms with E-state index in [2.05, 4.69) is 33.1 Å². The van der Waals surface area contributed by atoms with Gasteiger partial charge in [-0.05, 0) is 19.1 Å². The number of rotatable bonds is 7. The van der Waals surface area contributed by atoms with E-state index in [1.807, 2.05) is 16.8 Å². The Labute approximate surface area is 166 Å². The van der Waals surface area contributed by atoms with Crippen molar-refractivity contribution in [2.24, 2.45) is 0 Å². The van der Waals surface area contributed by atoms with E-state index < -0.39 is 6.10 Å². The zero-order chi connectivity index (χ0) is 19.3. The Hall–Kier alpha value is -1.93. The summed E-state index contributed by atoms with van der Waals surface area (Å²) in [7, 11) is 0. The van der Waals surface area contributed by atoms with Crippen LogP contribution >= 0.6 is 0 Å². The van der Waals surface area contributed by atoms with Gasteiger partial charge < -0.3 is 14.6 Å². The first kappa shape index (κ1) is 19.4. The Morgan fingerprint density at radius 1 is 1.14 bits per heavy atom. The average Bonchev–Trinajstić information content (AvgIpc) is 3.14. The second kappa shape index (κ2) is 9.05. The monoisotopic (exact) mass is 386 g/mol. The van der Waals surface area contributed by atoms with E-state index in [-0.39, 0.29) is 0 Å². The summed E-state index contributed by atoms with van der Waals surface area (Å²) >= 11 is 0. The van der Waals surface area contributed by atoms with Gasteiger partial charge in [-0.15, -0.1) is 0 Å². The van der Waals surface area contributed by atoms with E-state index in [0.29, 0.717) is 6.61 Å². The molecule has 152 valence electrons. The predicted octanol–water partition coefficient (Wildman–Crippen LogP) is 1.66. The fourth-order valence-corrected chi connectivity index (χ4v) is 3.81. The highest BCUT2D eigenvalue weighted by atomic mass is 16.5. The Morgan fingerprint density at radius 2 is 1.96 bits per heavy atom. The van der Waals surface area contributed by atoms with Gasteiger partial charge in [-0.2, -0.15) is 5.10 Å². The third-order valence-corrected chi connectivity index (χ3v) is 5.46. The largest absolute Gasteiger partial charge is 0.492 e. The number of para-hydroxylation sites is 1. The molecule has 1 N–H and O–H groups in total. The number of nitrogens with zero attached hydrogens (tertiary/aromatic N) is 4. The van der Waals surface area contributed by atoms with Crippen molar-refractivity contribution in [3.05, 3.63) is 47.3 Å². The minimum absolute atomic E-state index is 0.521. The number of ether oxygens (including phenoxy) is 2. The molecule has 0 spiro atoms. The van der Waals surface area contributed by atoms with Crippen LogP contribution in [0.4, 0.5) is 0 Å². The molecule has 2 aliphatic rings. The molecule has 4 rings (SSSR count). The van der Waals surface area contributed by atoms with Crippen LogP contribution < -0.4 is 4.74 Å². The summed E-state index contributed by atoms with van der Waals surface area (Å²) in [6.45, 7) is 10.5. The van der Waals surface area contributed by atoms with Crippen molar-refractivity contribution in [2.75, 3.05) is 46.0 Å². The van der Waals surface area contributed by atoms with E-state index in [4.69, 9.17) is 9.47 Å². The second-order valence-electron chi connectivity index (χ2n) is 7.58. The molecule has 1 atom stereocenters. The number of hydrogen-bond donors (Lipinski definition) is 1. The van der Waals surface area contributed by atoms with E-state index in [9.17, 15) is 5.11 Å². The summed E-state index contributed by atoms with van der Waals surface area (Å²) in [5.41, 5.74) is 3.13. The first-order chi connectivity index (χ1) is 13.7. The Bertz CT molecular complexity index is 771. The van der Waals surface area contributed by atoms with Gasteiger partial charge in [-0.3, -0.25) is 14.5 Å². The summed E-state index contributed by atoms with van der Waals surface area (Å²) < 4.78 is 13.5. The van der Waals surface area contributed by atoms with Gasteiger partial charge in [-0.25, -0.2) is 0 Å². The highest BCUT2D eigenvalue weighted by Gasteiger charge is 2.21. The van der Waals surface area contributed by atoms with Gasteiger partial charge in [0.25, 0.3) is 0 Å². The number of morpholine rings is 1. The second-order valence-corrected chi connectivity index (χ2v) is 7.58. The van der Waals surface area contributed by atoms with Gasteiger partial charge in [0.1, 0.15) is 12.4 Å². The number of benzene rings is 1. The fraction of sp³-hybridized carbons (Fsp3) is 0.571. The molecule has 0 unspecified atom stereocenters. The van der Waals surface area contributed by atoms with E-state index in [1.54, 1.807) is 6.92 Å². The maximum atomic E-state index is 9.77. The molecule has 1 fully saturated rings. The highest BCUT2D eigenvalue weighted by Crippen LogP contribution is 2.23. The quantitative estimate of drug-likeness (QED) is 0.781. The molecule has 1 aromatic heterocycles. The third kappa shape index (κ3) is 4.72. The average molecular weight is 386 g/mol. The smallest absolute Gasteiger partial charge is 0.123 e. The summed E-state index contributed by atoms with van der Waals surface area (Å²) in [6, 6.07) is 10.3. The van der Waals surface area contributed by atoms with Crippen molar-refractivity contribution >= 4 is 0 Å². The normalized spacial score (nSPS) is 19.4. The first-order valence-electron chi connectivity index (χ1n) is 10.2. The van der Waals surface area contributed by atoms with Crippen LogP contribution in [0.5, 0.6) is 5.75 Å². The van der Waals surface area contributed by atoms with Gasteiger partial charge in [-0.1, -0.05) is 18.2 Å². The molecule has 0 aliphatic carbocycles. The molecule has 2 aliphatic heterocycles. The van der Waals surface area contributed by atoms with Gasteiger partial charge in [0, 0.05) is 44.8 Å². The summed E-state index contributed by atoms with van der Waals surface area (Å²) in [5.74, 6) is 0.972. The lowest BCUT2D eigenvalue weighted by atomic mass is 10.1. The van der Waals surface area contributed by atoms with Crippen molar-refractivity contribution in [1.82, 2.24) is 19.6 Å². The van der Waals surface area contributed by atoms with Crippen LogP contribution in [0.1, 0.15) is 30.0 Å². The standard InChI is InChI=1S/C21H30N4O3/c1-17(26)20-14-19-16-24(6-7-25(19)22-20)15-18-4-2-3-5-21(18)28-13-10-23-8-11-27-12-9-23/h2-5,14,17,26H,6-13,15-16H2,1H3/t17-/m0/s1. The van der Waals surface area contributed by atoms with Gasteiger partial charge >= 0.3 is 0 Å². The predicted molar refractivity (Wildman–Crippen MR) is 106 cm³/mol. The van der Waals surface area contributed by atoms with Crippen LogP contribution in [-0.4, -0.2) is 70.7 Å². The lowest BCUT2D eigenvalue weighted by molar-refractivity contribution is 0.0321. The van der Waals surface area contributed by atoms with E-state index in [0.717, 1.165) is 76.2 Å². The van der Waals surface area contributed by atoms with E-state index in [1.165, 1.54) is 5.56 Å². The Balaban J connectivity index is 1.34. The minimum Gasteiger partial charge on any atom is -0.492 e. The summed E-state index contributed by atoms with van der Waals surface area (Å²) in [5, 5.41) is 14.3. The lowest BCUT2D eigenvalue weighted by Gasteiger charge is -2.28. The maximum absolute atomic E-state index is 9.77. The molecule has 2 aromatic rings. The molecule has 1 saturated heterocycles. The van der Waals surface area contributed by atoms with Gasteiger partial charge in [0.05, 0.1) is 37.3 Å². The van der Waals surface area contributed by atoms with Crippen molar-refractivity contribution in [3.8, 4) is 5.75 Å². The maximum Gasteiger partial charge on any atom is 0.123 e. The SMILES string of the molecule is C[C@H](O)c1cc2n(n1)CCN(Cc1ccccc1OCCN1CCOCC1)C2. The lowest BCUT2D eigenvalue weighted by Crippen LogP contribution is -2.38. The molecular weight excluding hydrogens is 356 g/mol. The number of hydrogen-bond acceptors (Lipinski definition) is 6. The zero-order valence-electron chi connectivity index (χ0n) is 16.6. The molecule has 1 aromatic carbocycles. The molecule has 0 radical (unpaired) electrons. The van der Waals surface area contributed by atoms with Crippen LogP contribution in [0.2, 0.25) is 0 Å². The van der Waals surface area contributed by atoms with Crippen LogP contribution in [0.3, 0.4) is 0 Å². The van der Waals surface area contributed by atoms with Crippen molar-refractivity contribution in [1.29, 1.82) is 0 Å². The molecule has 7 heteroatoms. The molecule has 7 nitrogen and oxygen atoms in total. The molecule has 3 heterocycles. The highest BCUT2D eigenvalue weighted by molar-refractivity contribution is 5.33. The van der Waals surface area contributed by atoms with Crippen molar-refractivity contribution < 1.29 is 14.6 Å². The van der Waals surface area contributed by atoms with Gasteiger partial charge in [0.15, 0.2) is 0 Å². The molecule has 28 heavy (non-hydrogen) atoms. The minimum atomic E-state index is -0.521. The molecular formula is C21H30N4O3. The number of fused-ring (bicyclic) bond motifs is 1. The first-order valence-corrected chi connectivity index (χ1v) is 10.2. The van der Waals surface area contributed by atoms with Crippen LogP contribution in [-0.2, 0) is 24.4 Å². The van der Waals surface area contributed by atoms with E-state index >= 15 is 0 Å². The Kier molecular flexibility index (Phi) is 6.26. The number of aliphatic hydroxyl groups excluding tert-OH is 1. The number of aromatic nitrogens is 2. The van der Waals surface area contributed by atoms with Crippen molar-refractivity contribution in [2.45, 2.75) is 32.7 Å². The molecule has 0 bridgehead atoms. The summed E-state index contributed by atoms with van der Waals surface area (Å²) in [4.78, 5) is 4.80. The Morgan fingerprint density at radius 3 is 2.79 bits per heavy atom. The zero-order valence-corrected chi connectivity index (χ0v) is 16.6. The van der Waals surface area contributed by atoms with Crippen molar-refractivity contribution in [3.63, 3.8) is 0 Å². The van der Waals surface area contributed by atoms with Crippen LogP contribution in [0.15, 0.2) is 30.3 Å².